The molecule has 2 aliphatic rings. The largest absolute Gasteiger partial charge is 0.478 e. The summed E-state index contributed by atoms with van der Waals surface area (Å²) in [6.07, 6.45) is 0.838. The van der Waals surface area contributed by atoms with Crippen molar-refractivity contribution in [2.75, 3.05) is 19.8 Å². The van der Waals surface area contributed by atoms with Gasteiger partial charge in [-0.25, -0.2) is 4.79 Å². The minimum atomic E-state index is -4.06. The summed E-state index contributed by atoms with van der Waals surface area (Å²) in [5.41, 5.74) is -0.862. The second-order valence-electron chi connectivity index (χ2n) is 10.0. The van der Waals surface area contributed by atoms with Crippen LogP contribution in [0.5, 0.6) is 0 Å². The summed E-state index contributed by atoms with van der Waals surface area (Å²) in [6, 6.07) is 5.72. The molecule has 3 rings (SSSR count). The third-order valence-corrected chi connectivity index (χ3v) is 9.59. The molecule has 1 aromatic rings. The van der Waals surface area contributed by atoms with Gasteiger partial charge in [0.1, 0.15) is 11.2 Å². The highest BCUT2D eigenvalue weighted by Crippen LogP contribution is 2.73. The van der Waals surface area contributed by atoms with Gasteiger partial charge in [-0.2, -0.15) is 0 Å². The molecule has 1 saturated heterocycles. The highest BCUT2D eigenvalue weighted by atomic mass is 31.2. The van der Waals surface area contributed by atoms with Crippen molar-refractivity contribution in [1.82, 2.24) is 4.90 Å². The Morgan fingerprint density at radius 1 is 1.17 bits per heavy atom. The van der Waals surface area contributed by atoms with E-state index in [1.54, 1.807) is 52.5 Å². The van der Waals surface area contributed by atoms with Crippen LogP contribution in [0.1, 0.15) is 66.4 Å². The Hall–Kier alpha value is -2.52. The van der Waals surface area contributed by atoms with Crippen molar-refractivity contribution < 1.29 is 33.2 Å². The summed E-state index contributed by atoms with van der Waals surface area (Å²) in [5.74, 6) is -2.30. The van der Waals surface area contributed by atoms with Crippen LogP contribution >= 0.6 is 7.60 Å². The monoisotopic (exact) mass is 522 g/mol. The summed E-state index contributed by atoms with van der Waals surface area (Å²) >= 11 is 0. The number of carboxylic acids is 1. The van der Waals surface area contributed by atoms with Crippen LogP contribution in [0.2, 0.25) is 0 Å². The van der Waals surface area contributed by atoms with Gasteiger partial charge in [0.25, 0.3) is 5.69 Å². The van der Waals surface area contributed by atoms with Gasteiger partial charge in [0, 0.05) is 36.7 Å². The molecule has 0 radical (unpaired) electrons. The van der Waals surface area contributed by atoms with E-state index in [0.29, 0.717) is 36.7 Å². The summed E-state index contributed by atoms with van der Waals surface area (Å²) < 4.78 is 32.4. The van der Waals surface area contributed by atoms with Crippen LogP contribution in [0.3, 0.4) is 0 Å². The van der Waals surface area contributed by atoms with Crippen LogP contribution in [-0.2, 0) is 23.1 Å². The first-order valence-corrected chi connectivity index (χ1v) is 13.5. The number of carbonyl (C=O) groups is 1. The maximum atomic E-state index is 14.5. The average molecular weight is 523 g/mol. The second-order valence-corrected chi connectivity index (χ2v) is 11.9. The maximum absolute atomic E-state index is 14.5. The van der Waals surface area contributed by atoms with Crippen molar-refractivity contribution in [3.05, 3.63) is 62.2 Å². The second kappa shape index (κ2) is 10.1. The minimum Gasteiger partial charge on any atom is -0.478 e. The molecule has 1 aromatic carbocycles. The molecule has 198 valence electrons. The number of allylic oxidation sites excluding steroid dienone is 3. The van der Waals surface area contributed by atoms with Crippen molar-refractivity contribution in [3.8, 4) is 0 Å². The molecule has 0 spiro atoms. The zero-order valence-electron chi connectivity index (χ0n) is 21.9. The number of non-ortho nitro benzene ring substituents is 1. The van der Waals surface area contributed by atoms with E-state index < -0.39 is 35.6 Å². The molecule has 1 unspecified atom stereocenters. The van der Waals surface area contributed by atoms with E-state index in [1.165, 1.54) is 18.2 Å². The number of nitro benzene ring substituents is 1. The first kappa shape index (κ1) is 28.1. The van der Waals surface area contributed by atoms with Gasteiger partial charge in [-0.15, -0.1) is 0 Å². The molecule has 1 fully saturated rings. The number of hydrogen-bond donors (Lipinski definition) is 1. The minimum absolute atomic E-state index is 0.0449. The van der Waals surface area contributed by atoms with Crippen LogP contribution in [0.25, 0.3) is 0 Å². The van der Waals surface area contributed by atoms with E-state index in [2.05, 4.69) is 0 Å². The van der Waals surface area contributed by atoms with Gasteiger partial charge < -0.3 is 14.7 Å². The Morgan fingerprint density at radius 3 is 2.31 bits per heavy atom. The summed E-state index contributed by atoms with van der Waals surface area (Å²) in [4.78, 5) is 25.4. The van der Waals surface area contributed by atoms with Crippen LogP contribution in [0.4, 0.5) is 5.69 Å². The van der Waals surface area contributed by atoms with Gasteiger partial charge in [0.05, 0.1) is 28.3 Å². The van der Waals surface area contributed by atoms with Crippen molar-refractivity contribution in [3.63, 3.8) is 0 Å². The molecule has 36 heavy (non-hydrogen) atoms. The van der Waals surface area contributed by atoms with E-state index in [1.807, 2.05) is 6.92 Å². The van der Waals surface area contributed by atoms with Crippen molar-refractivity contribution in [2.24, 2.45) is 0 Å². The van der Waals surface area contributed by atoms with Gasteiger partial charge >= 0.3 is 13.6 Å². The molecule has 0 saturated carbocycles. The zero-order valence-corrected chi connectivity index (χ0v) is 22.8. The smallest absolute Gasteiger partial charge is 0.361 e. The predicted molar refractivity (Wildman–Crippen MR) is 135 cm³/mol. The number of carboxylic acid groups (broad SMARTS) is 1. The maximum Gasteiger partial charge on any atom is 0.361 e. The number of hydrogen-bond acceptors (Lipinski definition) is 8. The molecule has 2 heterocycles. The molecular formula is C25H35N2O8P. The number of nitro groups is 1. The van der Waals surface area contributed by atoms with Gasteiger partial charge in [0.2, 0.25) is 0 Å². The van der Waals surface area contributed by atoms with Crippen LogP contribution in [0.15, 0.2) is 46.5 Å². The first-order valence-electron chi connectivity index (χ1n) is 11.9. The lowest BCUT2D eigenvalue weighted by atomic mass is 9.85. The predicted octanol–water partition coefficient (Wildman–Crippen LogP) is 5.81. The SMILES string of the molecule is CCCOCCN1C(C)=C(C(=O)O)C(c2cccc([N+](=O)[O-])c2)C(P2(=O)OC(C)(C)C(C)(C)O2)=C1C. The summed E-state index contributed by atoms with van der Waals surface area (Å²) in [6.45, 7) is 13.7. The number of benzene rings is 1. The average Bonchev–Trinajstić information content (AvgIpc) is 2.94. The van der Waals surface area contributed by atoms with Crippen molar-refractivity contribution in [2.45, 2.75) is 72.0 Å². The Labute approximate surface area is 211 Å². The van der Waals surface area contributed by atoms with Crippen LogP contribution in [-0.4, -0.2) is 51.9 Å². The quantitative estimate of drug-likeness (QED) is 0.185. The number of ether oxygens (including phenoxy) is 1. The topological polar surface area (TPSA) is 128 Å². The van der Waals surface area contributed by atoms with Gasteiger partial charge in [0.15, 0.2) is 0 Å². The van der Waals surface area contributed by atoms with Crippen LogP contribution < -0.4 is 0 Å². The fourth-order valence-electron chi connectivity index (χ4n) is 4.54. The summed E-state index contributed by atoms with van der Waals surface area (Å²) in [7, 11) is -4.06. The Morgan fingerprint density at radius 2 is 1.78 bits per heavy atom. The van der Waals surface area contributed by atoms with E-state index in [0.717, 1.165) is 6.42 Å². The summed E-state index contributed by atoms with van der Waals surface area (Å²) in [5, 5.41) is 22.0. The Kier molecular flexibility index (Phi) is 7.86. The highest BCUT2D eigenvalue weighted by molar-refractivity contribution is 7.59. The highest BCUT2D eigenvalue weighted by Gasteiger charge is 2.60. The molecular weight excluding hydrogens is 487 g/mol. The van der Waals surface area contributed by atoms with E-state index >= 15 is 0 Å². The molecule has 1 N–H and O–H groups in total. The number of nitrogens with zero attached hydrogens (tertiary/aromatic N) is 2. The molecule has 0 aliphatic carbocycles. The van der Waals surface area contributed by atoms with E-state index in [9.17, 15) is 24.6 Å². The third kappa shape index (κ3) is 5.00. The van der Waals surface area contributed by atoms with Crippen molar-refractivity contribution in [1.29, 1.82) is 0 Å². The fourth-order valence-corrected chi connectivity index (χ4v) is 7.53. The molecule has 0 aromatic heterocycles. The molecule has 2 aliphatic heterocycles. The normalized spacial score (nSPS) is 22.8. The van der Waals surface area contributed by atoms with Gasteiger partial charge in [-0.3, -0.25) is 23.7 Å². The molecule has 11 heteroatoms. The molecule has 0 bridgehead atoms. The van der Waals surface area contributed by atoms with Gasteiger partial charge in [-0.05, 0) is 53.5 Å². The lowest BCUT2D eigenvalue weighted by molar-refractivity contribution is -0.384. The third-order valence-electron chi connectivity index (χ3n) is 7.03. The van der Waals surface area contributed by atoms with Crippen molar-refractivity contribution >= 4 is 19.3 Å². The molecule has 0 amide bonds. The Bertz CT molecular complexity index is 1150. The fraction of sp³-hybridized carbons (Fsp3) is 0.560. The number of aliphatic carboxylic acids is 1. The lowest BCUT2D eigenvalue weighted by Crippen LogP contribution is -2.41. The van der Waals surface area contributed by atoms with Crippen LogP contribution in [0, 0.1) is 10.1 Å². The Balaban J connectivity index is 2.27. The lowest BCUT2D eigenvalue weighted by Gasteiger charge is -2.39. The van der Waals surface area contributed by atoms with Gasteiger partial charge in [-0.1, -0.05) is 19.1 Å². The number of rotatable bonds is 9. The van der Waals surface area contributed by atoms with E-state index in [4.69, 9.17) is 13.8 Å². The first-order chi connectivity index (χ1) is 16.7. The molecule has 10 nitrogen and oxygen atoms in total. The zero-order chi connectivity index (χ0) is 27.1. The standard InChI is InChI=1S/C25H35N2O8P/c1-8-13-33-14-12-26-16(2)20(23(28)29)21(18-10-9-11-19(15-18)27(30)31)22(17(26)3)36(32)34-24(4,5)25(6,7)35-36/h9-11,15,21H,8,12-14H2,1-7H3,(H,28,29). The molecule has 1 atom stereocenters. The van der Waals surface area contributed by atoms with E-state index in [-0.39, 0.29) is 16.6 Å².